The molecule has 3 rings (SSSR count). The Bertz CT molecular complexity index is 923. The molecule has 7 heteroatoms. The van der Waals surface area contributed by atoms with Crippen LogP contribution in [0.5, 0.6) is 0 Å². The Kier molecular flexibility index (Phi) is 4.69. The first kappa shape index (κ1) is 16.3. The van der Waals surface area contributed by atoms with Gasteiger partial charge in [-0.3, -0.25) is 14.9 Å². The summed E-state index contributed by atoms with van der Waals surface area (Å²) in [6, 6.07) is 13.7. The number of hydrogen-bond acceptors (Lipinski definition) is 5. The number of aromatic nitrogens is 2. The Morgan fingerprint density at radius 1 is 1.08 bits per heavy atom. The van der Waals surface area contributed by atoms with Gasteiger partial charge in [0.25, 0.3) is 5.91 Å². The lowest BCUT2D eigenvalue weighted by molar-refractivity contribution is 0.101. The van der Waals surface area contributed by atoms with Gasteiger partial charge in [0.1, 0.15) is 0 Å². The highest BCUT2D eigenvalue weighted by Gasteiger charge is 2.12. The number of nitrogens with one attached hydrogen (secondary N) is 1. The Balaban J connectivity index is 1.78. The fourth-order valence-corrected chi connectivity index (χ4v) is 2.84. The second-order valence-corrected chi connectivity index (χ2v) is 6.21. The van der Waals surface area contributed by atoms with E-state index < -0.39 is 0 Å². The maximum Gasteiger partial charge on any atom is 0.257 e. The van der Waals surface area contributed by atoms with Gasteiger partial charge in [-0.05, 0) is 31.2 Å². The first-order valence-corrected chi connectivity index (χ1v) is 8.20. The van der Waals surface area contributed by atoms with Gasteiger partial charge in [-0.1, -0.05) is 35.9 Å². The lowest BCUT2D eigenvalue weighted by atomic mass is 10.1. The summed E-state index contributed by atoms with van der Waals surface area (Å²) in [7, 11) is 0. The van der Waals surface area contributed by atoms with Gasteiger partial charge in [-0.2, -0.15) is 9.36 Å². The van der Waals surface area contributed by atoms with Crippen LogP contribution in [0.3, 0.4) is 0 Å². The average Bonchev–Trinajstić information content (AvgIpc) is 3.03. The van der Waals surface area contributed by atoms with Gasteiger partial charge in [0, 0.05) is 33.2 Å². The number of Topliss-reactive ketones (excluding diaryl/α,β-unsaturated/α-hetero) is 1. The third-order valence-corrected chi connectivity index (χ3v) is 4.13. The molecule has 0 saturated heterocycles. The topological polar surface area (TPSA) is 72.0 Å². The maximum atomic E-state index is 12.3. The van der Waals surface area contributed by atoms with Crippen LogP contribution in [0.15, 0.2) is 48.5 Å². The zero-order valence-electron chi connectivity index (χ0n) is 12.6. The third-order valence-electron chi connectivity index (χ3n) is 3.26. The standard InChI is InChI=1S/C17H12ClN3O2S/c1-10(22)11-4-2-6-13(8-11)16(23)20-17-19-15(21-24-17)12-5-3-7-14(18)9-12/h2-9H,1H3,(H,19,20,21,23). The van der Waals surface area contributed by atoms with E-state index in [0.717, 1.165) is 17.1 Å². The molecule has 0 radical (unpaired) electrons. The number of hydrogen-bond donors (Lipinski definition) is 1. The monoisotopic (exact) mass is 357 g/mol. The summed E-state index contributed by atoms with van der Waals surface area (Å²) in [6.07, 6.45) is 0. The highest BCUT2D eigenvalue weighted by atomic mass is 35.5. The number of carbonyl (C=O) groups excluding carboxylic acids is 2. The molecule has 0 spiro atoms. The average molecular weight is 358 g/mol. The van der Waals surface area contributed by atoms with Crippen molar-refractivity contribution < 1.29 is 9.59 Å². The van der Waals surface area contributed by atoms with E-state index >= 15 is 0 Å². The number of anilines is 1. The SMILES string of the molecule is CC(=O)c1cccc(C(=O)Nc2nc(-c3cccc(Cl)c3)ns2)c1. The van der Waals surface area contributed by atoms with Crippen LogP contribution < -0.4 is 5.32 Å². The Hall–Kier alpha value is -2.57. The van der Waals surface area contributed by atoms with E-state index in [4.69, 9.17) is 11.6 Å². The van der Waals surface area contributed by atoms with Crippen molar-refractivity contribution in [3.05, 3.63) is 64.7 Å². The molecule has 5 nitrogen and oxygen atoms in total. The summed E-state index contributed by atoms with van der Waals surface area (Å²) in [4.78, 5) is 28.0. The van der Waals surface area contributed by atoms with Gasteiger partial charge in [0.2, 0.25) is 5.13 Å². The number of nitrogens with zero attached hydrogens (tertiary/aromatic N) is 2. The van der Waals surface area contributed by atoms with Crippen molar-refractivity contribution in [2.24, 2.45) is 0 Å². The number of benzene rings is 2. The summed E-state index contributed by atoms with van der Waals surface area (Å²) in [5.74, 6) is 0.0611. The number of halogens is 1. The Morgan fingerprint density at radius 2 is 1.83 bits per heavy atom. The van der Waals surface area contributed by atoms with Crippen molar-refractivity contribution in [3.8, 4) is 11.4 Å². The van der Waals surface area contributed by atoms with E-state index in [1.165, 1.54) is 6.92 Å². The second kappa shape index (κ2) is 6.90. The van der Waals surface area contributed by atoms with E-state index in [2.05, 4.69) is 14.7 Å². The predicted molar refractivity (Wildman–Crippen MR) is 94.8 cm³/mol. The van der Waals surface area contributed by atoms with Gasteiger partial charge in [0.15, 0.2) is 11.6 Å². The summed E-state index contributed by atoms with van der Waals surface area (Å²) in [6.45, 7) is 1.46. The molecule has 120 valence electrons. The minimum atomic E-state index is -0.341. The van der Waals surface area contributed by atoms with Crippen molar-refractivity contribution in [1.29, 1.82) is 0 Å². The van der Waals surface area contributed by atoms with Crippen LogP contribution in [0.25, 0.3) is 11.4 Å². The molecule has 0 bridgehead atoms. The molecule has 1 N–H and O–H groups in total. The Morgan fingerprint density at radius 3 is 2.58 bits per heavy atom. The van der Waals surface area contributed by atoms with Crippen molar-refractivity contribution in [2.75, 3.05) is 5.32 Å². The van der Waals surface area contributed by atoms with Crippen LogP contribution >= 0.6 is 23.1 Å². The molecule has 0 aliphatic rings. The molecule has 0 aliphatic carbocycles. The van der Waals surface area contributed by atoms with E-state index in [9.17, 15) is 9.59 Å². The molecule has 0 atom stereocenters. The minimum absolute atomic E-state index is 0.0937. The smallest absolute Gasteiger partial charge is 0.257 e. The summed E-state index contributed by atoms with van der Waals surface area (Å²) in [5, 5.41) is 3.66. The highest BCUT2D eigenvalue weighted by molar-refractivity contribution is 7.10. The van der Waals surface area contributed by atoms with Crippen molar-refractivity contribution in [1.82, 2.24) is 9.36 Å². The lowest BCUT2D eigenvalue weighted by Gasteiger charge is -2.02. The van der Waals surface area contributed by atoms with E-state index in [1.54, 1.807) is 36.4 Å². The zero-order chi connectivity index (χ0) is 17.1. The molecule has 1 aromatic heterocycles. The molecule has 2 aromatic carbocycles. The van der Waals surface area contributed by atoms with Gasteiger partial charge in [-0.25, -0.2) is 0 Å². The molecule has 0 saturated carbocycles. The van der Waals surface area contributed by atoms with Gasteiger partial charge in [0.05, 0.1) is 0 Å². The van der Waals surface area contributed by atoms with E-state index in [1.807, 2.05) is 12.1 Å². The second-order valence-electron chi connectivity index (χ2n) is 5.02. The summed E-state index contributed by atoms with van der Waals surface area (Å²) >= 11 is 7.04. The number of ketones is 1. The number of amides is 1. The zero-order valence-corrected chi connectivity index (χ0v) is 14.2. The largest absolute Gasteiger partial charge is 0.297 e. The van der Waals surface area contributed by atoms with Crippen LogP contribution in [0, 0.1) is 0 Å². The van der Waals surface area contributed by atoms with Crippen molar-refractivity contribution >= 4 is 40.0 Å². The lowest BCUT2D eigenvalue weighted by Crippen LogP contribution is -2.12. The minimum Gasteiger partial charge on any atom is -0.297 e. The molecular formula is C17H12ClN3O2S. The molecule has 0 unspecified atom stereocenters. The van der Waals surface area contributed by atoms with E-state index in [0.29, 0.717) is 27.1 Å². The van der Waals surface area contributed by atoms with Crippen molar-refractivity contribution in [2.45, 2.75) is 6.92 Å². The first-order valence-electron chi connectivity index (χ1n) is 7.05. The maximum absolute atomic E-state index is 12.3. The van der Waals surface area contributed by atoms with Crippen LogP contribution in [-0.2, 0) is 0 Å². The van der Waals surface area contributed by atoms with Crippen LogP contribution in [0.2, 0.25) is 5.02 Å². The van der Waals surface area contributed by atoms with Crippen molar-refractivity contribution in [3.63, 3.8) is 0 Å². The molecule has 24 heavy (non-hydrogen) atoms. The predicted octanol–water partition coefficient (Wildman–Crippen LogP) is 4.31. The van der Waals surface area contributed by atoms with Crippen LogP contribution in [-0.4, -0.2) is 21.0 Å². The number of rotatable bonds is 4. The number of carbonyl (C=O) groups is 2. The molecule has 0 fully saturated rings. The molecular weight excluding hydrogens is 346 g/mol. The quantitative estimate of drug-likeness (QED) is 0.706. The van der Waals surface area contributed by atoms with Crippen LogP contribution in [0.4, 0.5) is 5.13 Å². The fourth-order valence-electron chi connectivity index (χ4n) is 2.07. The molecule has 1 heterocycles. The van der Waals surface area contributed by atoms with E-state index in [-0.39, 0.29) is 11.7 Å². The molecule has 0 aliphatic heterocycles. The summed E-state index contributed by atoms with van der Waals surface area (Å²) < 4.78 is 4.22. The molecule has 3 aromatic rings. The third kappa shape index (κ3) is 3.67. The normalized spacial score (nSPS) is 10.4. The Labute approximate surface area is 147 Å². The van der Waals surface area contributed by atoms with Gasteiger partial charge >= 0.3 is 0 Å². The van der Waals surface area contributed by atoms with Gasteiger partial charge < -0.3 is 0 Å². The molecule has 1 amide bonds. The fraction of sp³-hybridized carbons (Fsp3) is 0.0588. The summed E-state index contributed by atoms with van der Waals surface area (Å²) in [5.41, 5.74) is 1.65. The van der Waals surface area contributed by atoms with Crippen LogP contribution in [0.1, 0.15) is 27.6 Å². The highest BCUT2D eigenvalue weighted by Crippen LogP contribution is 2.24. The van der Waals surface area contributed by atoms with Gasteiger partial charge in [-0.15, -0.1) is 0 Å². The first-order chi connectivity index (χ1) is 11.5.